The minimum atomic E-state index is 0.492. The van der Waals surface area contributed by atoms with Gasteiger partial charge in [0.05, 0.1) is 0 Å². The number of rotatable bonds is 4. The molecule has 1 aromatic heterocycles. The van der Waals surface area contributed by atoms with E-state index in [2.05, 4.69) is 39.6 Å². The summed E-state index contributed by atoms with van der Waals surface area (Å²) in [5.74, 6) is 1.05. The van der Waals surface area contributed by atoms with Crippen LogP contribution in [-0.4, -0.2) is 33.2 Å². The van der Waals surface area contributed by atoms with Crippen LogP contribution in [0.5, 0.6) is 0 Å². The van der Waals surface area contributed by atoms with Crippen LogP contribution < -0.4 is 5.32 Å². The van der Waals surface area contributed by atoms with Crippen molar-refractivity contribution in [3.63, 3.8) is 0 Å². The Balaban J connectivity index is 2.49. The topological polar surface area (TPSA) is 63.6 Å². The molecule has 0 aliphatic heterocycles. The van der Waals surface area contributed by atoms with E-state index in [-0.39, 0.29) is 0 Å². The molecule has 1 N–H and O–H groups in total. The highest BCUT2D eigenvalue weighted by atomic mass is 32.2. The Kier molecular flexibility index (Phi) is 3.88. The summed E-state index contributed by atoms with van der Waals surface area (Å²) in [6, 6.07) is 0. The minimum absolute atomic E-state index is 0.492. The van der Waals surface area contributed by atoms with E-state index in [1.165, 1.54) is 11.8 Å². The lowest BCUT2D eigenvalue weighted by Gasteiger charge is -2.05. The third-order valence-electron chi connectivity index (χ3n) is 1.31. The van der Waals surface area contributed by atoms with E-state index >= 15 is 0 Å². The Hall–Kier alpha value is -0.910. The van der Waals surface area contributed by atoms with Gasteiger partial charge in [0.2, 0.25) is 5.16 Å². The number of nitrogens with one attached hydrogen (secondary N) is 1. The second kappa shape index (κ2) is 4.96. The monoisotopic (exact) mass is 199 g/mol. The highest BCUT2D eigenvalue weighted by Gasteiger charge is 1.99. The quantitative estimate of drug-likeness (QED) is 0.731. The summed E-state index contributed by atoms with van der Waals surface area (Å²) in [5.41, 5.74) is 0. The van der Waals surface area contributed by atoms with Crippen LogP contribution in [0.3, 0.4) is 0 Å². The summed E-state index contributed by atoms with van der Waals surface area (Å²) in [6.45, 7) is 5.07. The second-order valence-electron chi connectivity index (χ2n) is 2.99. The van der Waals surface area contributed by atoms with E-state index in [0.717, 1.165) is 6.54 Å². The molecular weight excluding hydrogens is 186 g/mol. The molecule has 0 amide bonds. The average Bonchev–Trinajstić information content (AvgIpc) is 2.15. The fraction of sp³-hybridized carbons (Fsp3) is 0.714. The van der Waals surface area contributed by atoms with Crippen molar-refractivity contribution < 1.29 is 0 Å². The van der Waals surface area contributed by atoms with Gasteiger partial charge in [-0.05, 0) is 12.2 Å². The van der Waals surface area contributed by atoms with Crippen molar-refractivity contribution in [2.75, 3.05) is 18.1 Å². The molecule has 1 aromatic rings. The average molecular weight is 199 g/mol. The van der Waals surface area contributed by atoms with E-state index in [0.29, 0.717) is 17.0 Å². The van der Waals surface area contributed by atoms with Crippen LogP contribution in [0.15, 0.2) is 5.16 Å². The zero-order chi connectivity index (χ0) is 9.68. The molecule has 5 nitrogen and oxygen atoms in total. The summed E-state index contributed by atoms with van der Waals surface area (Å²) < 4.78 is 0. The molecule has 0 saturated carbocycles. The predicted octanol–water partition coefficient (Wildman–Crippen LogP) is 1.06. The highest BCUT2D eigenvalue weighted by Crippen LogP contribution is 2.04. The van der Waals surface area contributed by atoms with Gasteiger partial charge in [0.15, 0.2) is 0 Å². The van der Waals surface area contributed by atoms with E-state index in [4.69, 9.17) is 0 Å². The standard InChI is InChI=1S/C7H13N5S/c1-5(2)4-8-6-9-11-7(13-3)12-10-6/h5H,4H2,1-3H3,(H,8,9,10). The first kappa shape index (κ1) is 10.2. The Morgan fingerprint density at radius 1 is 1.23 bits per heavy atom. The zero-order valence-corrected chi connectivity index (χ0v) is 8.80. The van der Waals surface area contributed by atoms with Gasteiger partial charge >= 0.3 is 0 Å². The predicted molar refractivity (Wildman–Crippen MR) is 52.7 cm³/mol. The van der Waals surface area contributed by atoms with E-state index in [1.54, 1.807) is 0 Å². The number of hydrogen-bond acceptors (Lipinski definition) is 6. The minimum Gasteiger partial charge on any atom is -0.351 e. The van der Waals surface area contributed by atoms with Crippen LogP contribution >= 0.6 is 11.8 Å². The van der Waals surface area contributed by atoms with Crippen LogP contribution in [0.25, 0.3) is 0 Å². The van der Waals surface area contributed by atoms with Gasteiger partial charge < -0.3 is 5.32 Å². The maximum Gasteiger partial charge on any atom is 0.262 e. The Morgan fingerprint density at radius 2 is 1.85 bits per heavy atom. The van der Waals surface area contributed by atoms with Crippen molar-refractivity contribution in [2.24, 2.45) is 5.92 Å². The Morgan fingerprint density at radius 3 is 2.31 bits per heavy atom. The largest absolute Gasteiger partial charge is 0.351 e. The molecule has 0 radical (unpaired) electrons. The third kappa shape index (κ3) is 3.54. The number of hydrogen-bond donors (Lipinski definition) is 1. The lowest BCUT2D eigenvalue weighted by molar-refractivity contribution is 0.670. The van der Waals surface area contributed by atoms with Crippen molar-refractivity contribution >= 4 is 17.7 Å². The molecule has 1 heterocycles. The summed E-state index contributed by atoms with van der Waals surface area (Å²) in [4.78, 5) is 0. The van der Waals surface area contributed by atoms with Gasteiger partial charge in [-0.1, -0.05) is 25.6 Å². The van der Waals surface area contributed by atoms with E-state index < -0.39 is 0 Å². The zero-order valence-electron chi connectivity index (χ0n) is 7.98. The maximum atomic E-state index is 3.87. The number of aromatic nitrogens is 4. The smallest absolute Gasteiger partial charge is 0.262 e. The molecule has 0 aliphatic rings. The van der Waals surface area contributed by atoms with Crippen LogP contribution in [0.1, 0.15) is 13.8 Å². The van der Waals surface area contributed by atoms with Crippen LogP contribution in [0.2, 0.25) is 0 Å². The van der Waals surface area contributed by atoms with Crippen molar-refractivity contribution in [1.82, 2.24) is 20.4 Å². The molecule has 0 fully saturated rings. The first-order valence-electron chi connectivity index (χ1n) is 4.07. The molecule has 0 unspecified atom stereocenters. The fourth-order valence-corrected chi connectivity index (χ4v) is 0.913. The molecule has 13 heavy (non-hydrogen) atoms. The molecule has 0 spiro atoms. The second-order valence-corrected chi connectivity index (χ2v) is 3.76. The van der Waals surface area contributed by atoms with Gasteiger partial charge in [-0.3, -0.25) is 0 Å². The summed E-state index contributed by atoms with van der Waals surface area (Å²) in [5, 5.41) is 19.1. The SMILES string of the molecule is CSc1nnc(NCC(C)C)nn1. The summed E-state index contributed by atoms with van der Waals surface area (Å²) in [7, 11) is 0. The van der Waals surface area contributed by atoms with Crippen molar-refractivity contribution in [2.45, 2.75) is 19.0 Å². The van der Waals surface area contributed by atoms with Gasteiger partial charge in [-0.25, -0.2) is 0 Å². The Bertz CT molecular complexity index is 248. The molecule has 0 atom stereocenters. The normalized spacial score (nSPS) is 10.5. The van der Waals surface area contributed by atoms with Gasteiger partial charge in [0.25, 0.3) is 5.95 Å². The van der Waals surface area contributed by atoms with Crippen LogP contribution in [0, 0.1) is 5.92 Å². The molecule has 0 aliphatic carbocycles. The van der Waals surface area contributed by atoms with Gasteiger partial charge in [0, 0.05) is 6.54 Å². The summed E-state index contributed by atoms with van der Waals surface area (Å²) in [6.07, 6.45) is 1.89. The number of thioether (sulfide) groups is 1. The van der Waals surface area contributed by atoms with Crippen LogP contribution in [-0.2, 0) is 0 Å². The van der Waals surface area contributed by atoms with Crippen molar-refractivity contribution in [1.29, 1.82) is 0 Å². The molecule has 1 rings (SSSR count). The highest BCUT2D eigenvalue weighted by molar-refractivity contribution is 7.98. The fourth-order valence-electron chi connectivity index (χ4n) is 0.668. The molecule has 6 heteroatoms. The lowest BCUT2D eigenvalue weighted by Crippen LogP contribution is -2.12. The number of anilines is 1. The van der Waals surface area contributed by atoms with Crippen molar-refractivity contribution in [3.05, 3.63) is 0 Å². The number of nitrogens with zero attached hydrogens (tertiary/aromatic N) is 4. The molecular formula is C7H13N5S. The molecule has 0 saturated heterocycles. The van der Waals surface area contributed by atoms with Gasteiger partial charge in [-0.2, -0.15) is 0 Å². The first-order chi connectivity index (χ1) is 6.22. The Labute approximate surface area is 81.7 Å². The van der Waals surface area contributed by atoms with Crippen LogP contribution in [0.4, 0.5) is 5.95 Å². The van der Waals surface area contributed by atoms with Crippen molar-refractivity contribution in [3.8, 4) is 0 Å². The van der Waals surface area contributed by atoms with E-state index in [1.807, 2.05) is 6.26 Å². The van der Waals surface area contributed by atoms with Gasteiger partial charge in [-0.15, -0.1) is 20.4 Å². The first-order valence-corrected chi connectivity index (χ1v) is 5.30. The van der Waals surface area contributed by atoms with E-state index in [9.17, 15) is 0 Å². The maximum absolute atomic E-state index is 3.87. The third-order valence-corrected chi connectivity index (χ3v) is 1.84. The lowest BCUT2D eigenvalue weighted by atomic mass is 10.2. The molecule has 0 aromatic carbocycles. The van der Waals surface area contributed by atoms with Gasteiger partial charge in [0.1, 0.15) is 0 Å². The molecule has 0 bridgehead atoms. The molecule has 72 valence electrons. The summed E-state index contributed by atoms with van der Waals surface area (Å²) >= 11 is 1.43.